The van der Waals surface area contributed by atoms with Gasteiger partial charge in [-0.3, -0.25) is 0 Å². The Bertz CT molecular complexity index is 643. The third-order valence-electron chi connectivity index (χ3n) is 5.61. The molecule has 1 aromatic rings. The van der Waals surface area contributed by atoms with Gasteiger partial charge in [0.25, 0.3) is 0 Å². The highest BCUT2D eigenvalue weighted by atomic mass is 16.5. The summed E-state index contributed by atoms with van der Waals surface area (Å²) in [6.45, 7) is 13.6. The van der Waals surface area contributed by atoms with Crippen molar-refractivity contribution in [3.8, 4) is 17.2 Å². The topological polar surface area (TPSA) is 55.3 Å². The number of nitrogens with zero attached hydrogens (tertiary/aromatic N) is 2. The summed E-state index contributed by atoms with van der Waals surface area (Å²) in [6.07, 6.45) is 0. The molecule has 0 bridgehead atoms. The zero-order chi connectivity index (χ0) is 19.5. The van der Waals surface area contributed by atoms with Gasteiger partial charge < -0.3 is 24.4 Å². The largest absolute Gasteiger partial charge is 0.493 e. The van der Waals surface area contributed by atoms with E-state index in [1.165, 1.54) is 0 Å². The Balaban J connectivity index is 2.28. The van der Waals surface area contributed by atoms with Gasteiger partial charge in [0.05, 0.1) is 27.9 Å². The van der Waals surface area contributed by atoms with Crippen molar-refractivity contribution in [2.45, 2.75) is 46.7 Å². The number of aliphatic imine (C=N–C) groups is 1. The van der Waals surface area contributed by atoms with Gasteiger partial charge in [-0.15, -0.1) is 0 Å². The molecule has 0 unspecified atom stereocenters. The third-order valence-corrected chi connectivity index (χ3v) is 5.61. The van der Waals surface area contributed by atoms with Crippen LogP contribution in [0.3, 0.4) is 0 Å². The van der Waals surface area contributed by atoms with Crippen molar-refractivity contribution in [2.24, 2.45) is 10.4 Å². The standard InChI is InChI=1S/C20H33N3O3/c1-9-21-18(23-13-19(2,3)20(23,4)5)22-12-14-10-15(24-6)17(26-8)16(11-14)25-7/h10-11H,9,12-13H2,1-8H3,(H,21,22). The van der Waals surface area contributed by atoms with E-state index < -0.39 is 0 Å². The van der Waals surface area contributed by atoms with Crippen LogP contribution in [0.2, 0.25) is 0 Å². The van der Waals surface area contributed by atoms with Crippen LogP contribution < -0.4 is 19.5 Å². The second-order valence-corrected chi connectivity index (χ2v) is 7.73. The highest BCUT2D eigenvalue weighted by molar-refractivity contribution is 5.82. The molecule has 1 saturated heterocycles. The summed E-state index contributed by atoms with van der Waals surface area (Å²) >= 11 is 0. The molecule has 0 aliphatic carbocycles. The van der Waals surface area contributed by atoms with Crippen LogP contribution in [-0.2, 0) is 6.54 Å². The number of ether oxygens (including phenoxy) is 3. The molecule has 146 valence electrons. The van der Waals surface area contributed by atoms with Crippen LogP contribution in [0.15, 0.2) is 17.1 Å². The lowest BCUT2D eigenvalue weighted by molar-refractivity contribution is -0.0667. The molecule has 26 heavy (non-hydrogen) atoms. The van der Waals surface area contributed by atoms with Gasteiger partial charge in [0, 0.05) is 24.0 Å². The molecule has 0 spiro atoms. The number of guanidine groups is 1. The molecular weight excluding hydrogens is 330 g/mol. The summed E-state index contributed by atoms with van der Waals surface area (Å²) < 4.78 is 16.3. The minimum absolute atomic E-state index is 0.0588. The van der Waals surface area contributed by atoms with Crippen LogP contribution in [0.1, 0.15) is 40.2 Å². The maximum atomic E-state index is 5.43. The second-order valence-electron chi connectivity index (χ2n) is 7.73. The SMILES string of the molecule is CCNC(=NCc1cc(OC)c(OC)c(OC)c1)N1CC(C)(C)C1(C)C. The Kier molecular flexibility index (Phi) is 5.94. The van der Waals surface area contributed by atoms with Gasteiger partial charge in [0.2, 0.25) is 5.75 Å². The number of nitrogens with one attached hydrogen (secondary N) is 1. The summed E-state index contributed by atoms with van der Waals surface area (Å²) in [5, 5.41) is 3.42. The lowest BCUT2D eigenvalue weighted by atomic mass is 9.65. The maximum Gasteiger partial charge on any atom is 0.203 e. The van der Waals surface area contributed by atoms with Crippen LogP contribution in [0.5, 0.6) is 17.2 Å². The number of hydrogen-bond donors (Lipinski definition) is 1. The quantitative estimate of drug-likeness (QED) is 0.621. The molecule has 0 radical (unpaired) electrons. The molecule has 1 N–H and O–H groups in total. The Hall–Kier alpha value is -2.11. The molecule has 0 atom stereocenters. The molecule has 6 nitrogen and oxygen atoms in total. The molecule has 1 aliphatic heterocycles. The Morgan fingerprint density at radius 1 is 1.08 bits per heavy atom. The molecule has 0 amide bonds. The van der Waals surface area contributed by atoms with Crippen molar-refractivity contribution in [2.75, 3.05) is 34.4 Å². The Morgan fingerprint density at radius 2 is 1.65 bits per heavy atom. The summed E-state index contributed by atoms with van der Waals surface area (Å²) in [5.41, 5.74) is 1.33. The van der Waals surface area contributed by atoms with Crippen LogP contribution in [0.25, 0.3) is 0 Å². The van der Waals surface area contributed by atoms with E-state index in [0.29, 0.717) is 23.8 Å². The summed E-state index contributed by atoms with van der Waals surface area (Å²) in [7, 11) is 4.85. The first-order chi connectivity index (χ1) is 12.2. The Morgan fingerprint density at radius 3 is 2.04 bits per heavy atom. The number of methoxy groups -OCH3 is 3. The van der Waals surface area contributed by atoms with Gasteiger partial charge >= 0.3 is 0 Å². The van der Waals surface area contributed by atoms with E-state index >= 15 is 0 Å². The van der Waals surface area contributed by atoms with Crippen molar-refractivity contribution in [1.82, 2.24) is 10.2 Å². The molecule has 0 saturated carbocycles. The first kappa shape index (κ1) is 20.2. The molecule has 6 heteroatoms. The average molecular weight is 364 g/mol. The molecule has 1 aliphatic rings. The molecule has 1 aromatic carbocycles. The minimum atomic E-state index is 0.0588. The first-order valence-corrected chi connectivity index (χ1v) is 9.06. The summed E-state index contributed by atoms with van der Waals surface area (Å²) in [6, 6.07) is 3.89. The van der Waals surface area contributed by atoms with E-state index in [2.05, 4.69) is 44.8 Å². The fourth-order valence-corrected chi connectivity index (χ4v) is 3.19. The highest BCUT2D eigenvalue weighted by Crippen LogP contribution is 2.46. The van der Waals surface area contributed by atoms with Gasteiger partial charge in [0.15, 0.2) is 17.5 Å². The average Bonchev–Trinajstić information content (AvgIpc) is 2.62. The number of hydrogen-bond acceptors (Lipinski definition) is 4. The van der Waals surface area contributed by atoms with E-state index in [-0.39, 0.29) is 11.0 Å². The fourth-order valence-electron chi connectivity index (χ4n) is 3.19. The van der Waals surface area contributed by atoms with E-state index in [0.717, 1.165) is 24.6 Å². The lowest BCUT2D eigenvalue weighted by Crippen LogP contribution is -2.72. The number of likely N-dealkylation sites (tertiary alicyclic amines) is 1. The van der Waals surface area contributed by atoms with Gasteiger partial charge in [-0.25, -0.2) is 4.99 Å². The zero-order valence-corrected chi connectivity index (χ0v) is 17.4. The fraction of sp³-hybridized carbons (Fsp3) is 0.650. The second kappa shape index (κ2) is 7.64. The summed E-state index contributed by atoms with van der Waals surface area (Å²) in [5.74, 6) is 2.82. The van der Waals surface area contributed by atoms with Crippen molar-refractivity contribution >= 4 is 5.96 Å². The van der Waals surface area contributed by atoms with Gasteiger partial charge in [0.1, 0.15) is 0 Å². The van der Waals surface area contributed by atoms with Gasteiger partial charge in [-0.2, -0.15) is 0 Å². The summed E-state index contributed by atoms with van der Waals surface area (Å²) in [4.78, 5) is 7.19. The molecule has 1 fully saturated rings. The van der Waals surface area contributed by atoms with Crippen LogP contribution in [-0.4, -0.2) is 50.8 Å². The minimum Gasteiger partial charge on any atom is -0.493 e. The molecule has 0 aromatic heterocycles. The van der Waals surface area contributed by atoms with Crippen LogP contribution in [0.4, 0.5) is 0 Å². The predicted octanol–water partition coefficient (Wildman–Crippen LogP) is 3.30. The first-order valence-electron chi connectivity index (χ1n) is 9.06. The van der Waals surface area contributed by atoms with Crippen molar-refractivity contribution in [1.29, 1.82) is 0 Å². The third kappa shape index (κ3) is 3.55. The molecular formula is C20H33N3O3. The van der Waals surface area contributed by atoms with E-state index in [1.807, 2.05) is 12.1 Å². The predicted molar refractivity (Wildman–Crippen MR) is 105 cm³/mol. The highest BCUT2D eigenvalue weighted by Gasteiger charge is 2.53. The van der Waals surface area contributed by atoms with Gasteiger partial charge in [-0.05, 0) is 38.5 Å². The van der Waals surface area contributed by atoms with Crippen molar-refractivity contribution in [3.63, 3.8) is 0 Å². The number of benzene rings is 1. The zero-order valence-electron chi connectivity index (χ0n) is 17.4. The normalized spacial score (nSPS) is 18.2. The van der Waals surface area contributed by atoms with Crippen LogP contribution in [0, 0.1) is 5.41 Å². The van der Waals surface area contributed by atoms with E-state index in [4.69, 9.17) is 19.2 Å². The smallest absolute Gasteiger partial charge is 0.203 e. The maximum absolute atomic E-state index is 5.43. The van der Waals surface area contributed by atoms with Gasteiger partial charge in [-0.1, -0.05) is 13.8 Å². The Labute approximate surface area is 157 Å². The van der Waals surface area contributed by atoms with E-state index in [9.17, 15) is 0 Å². The molecule has 1 heterocycles. The van der Waals surface area contributed by atoms with Crippen molar-refractivity contribution < 1.29 is 14.2 Å². The van der Waals surface area contributed by atoms with Crippen molar-refractivity contribution in [3.05, 3.63) is 17.7 Å². The molecule has 2 rings (SSSR count). The van der Waals surface area contributed by atoms with E-state index in [1.54, 1.807) is 21.3 Å². The van der Waals surface area contributed by atoms with Crippen LogP contribution >= 0.6 is 0 Å². The monoisotopic (exact) mass is 363 g/mol. The number of rotatable bonds is 6. The lowest BCUT2D eigenvalue weighted by Gasteiger charge is -2.62.